The first kappa shape index (κ1) is 17.0. The van der Waals surface area contributed by atoms with Gasteiger partial charge in [-0.25, -0.2) is 9.18 Å². The van der Waals surface area contributed by atoms with E-state index in [0.29, 0.717) is 24.7 Å². The molecule has 0 N–H and O–H groups in total. The van der Waals surface area contributed by atoms with Gasteiger partial charge in [0.25, 0.3) is 0 Å². The molecule has 0 aliphatic carbocycles. The van der Waals surface area contributed by atoms with Crippen LogP contribution < -0.4 is 9.47 Å². The summed E-state index contributed by atoms with van der Waals surface area (Å²) in [6, 6.07) is 9.83. The molecule has 0 fully saturated rings. The van der Waals surface area contributed by atoms with Gasteiger partial charge in [-0.2, -0.15) is 0 Å². The molecule has 130 valence electrons. The molecule has 25 heavy (non-hydrogen) atoms. The molecule has 0 unspecified atom stereocenters. The van der Waals surface area contributed by atoms with Crippen LogP contribution in [0.3, 0.4) is 0 Å². The van der Waals surface area contributed by atoms with Crippen molar-refractivity contribution in [2.45, 2.75) is 19.4 Å². The van der Waals surface area contributed by atoms with E-state index in [1.165, 1.54) is 37.3 Å². The van der Waals surface area contributed by atoms with Crippen molar-refractivity contribution >= 4 is 11.8 Å². The van der Waals surface area contributed by atoms with Crippen LogP contribution in [0.4, 0.5) is 4.39 Å². The number of benzene rings is 2. The highest BCUT2D eigenvalue weighted by atomic mass is 19.1. The smallest absolute Gasteiger partial charge is 0.338 e. The molecule has 5 nitrogen and oxygen atoms in total. The van der Waals surface area contributed by atoms with Crippen LogP contribution >= 0.6 is 0 Å². The molecule has 0 saturated carbocycles. The maximum atomic E-state index is 12.9. The second-order valence-corrected chi connectivity index (χ2v) is 5.63. The lowest BCUT2D eigenvalue weighted by atomic mass is 10.1. The fourth-order valence-corrected chi connectivity index (χ4v) is 2.42. The number of halogens is 1. The third-order valence-electron chi connectivity index (χ3n) is 3.77. The SMILES string of the molecule is C[C@@H](OC(=O)c1ccc2c(c1)OCCCO2)C(=O)c1ccc(F)cc1. The van der Waals surface area contributed by atoms with Crippen molar-refractivity contribution < 1.29 is 28.2 Å². The summed E-state index contributed by atoms with van der Waals surface area (Å²) in [7, 11) is 0. The van der Waals surface area contributed by atoms with Crippen molar-refractivity contribution in [3.63, 3.8) is 0 Å². The van der Waals surface area contributed by atoms with E-state index in [0.717, 1.165) is 6.42 Å². The van der Waals surface area contributed by atoms with Gasteiger partial charge in [0, 0.05) is 12.0 Å². The predicted molar refractivity (Wildman–Crippen MR) is 87.7 cm³/mol. The van der Waals surface area contributed by atoms with Gasteiger partial charge in [0.15, 0.2) is 17.6 Å². The van der Waals surface area contributed by atoms with Crippen LogP contribution in [0.2, 0.25) is 0 Å². The molecule has 1 aliphatic heterocycles. The highest BCUT2D eigenvalue weighted by Crippen LogP contribution is 2.30. The summed E-state index contributed by atoms with van der Waals surface area (Å²) in [4.78, 5) is 24.5. The Labute approximate surface area is 144 Å². The second-order valence-electron chi connectivity index (χ2n) is 5.63. The van der Waals surface area contributed by atoms with E-state index in [2.05, 4.69) is 0 Å². The number of carbonyl (C=O) groups excluding carboxylic acids is 2. The first-order valence-electron chi connectivity index (χ1n) is 7.95. The van der Waals surface area contributed by atoms with Crippen molar-refractivity contribution in [1.29, 1.82) is 0 Å². The van der Waals surface area contributed by atoms with Gasteiger partial charge in [-0.05, 0) is 49.4 Å². The van der Waals surface area contributed by atoms with Crippen molar-refractivity contribution in [2.75, 3.05) is 13.2 Å². The monoisotopic (exact) mass is 344 g/mol. The number of hydrogen-bond donors (Lipinski definition) is 0. The molecule has 0 aromatic heterocycles. The lowest BCUT2D eigenvalue weighted by molar-refractivity contribution is 0.0318. The third-order valence-corrected chi connectivity index (χ3v) is 3.77. The zero-order valence-electron chi connectivity index (χ0n) is 13.7. The minimum absolute atomic E-state index is 0.267. The average Bonchev–Trinajstić information content (AvgIpc) is 2.86. The normalized spacial score (nSPS) is 14.3. The minimum Gasteiger partial charge on any atom is -0.490 e. The molecule has 3 rings (SSSR count). The van der Waals surface area contributed by atoms with Crippen LogP contribution in [0.1, 0.15) is 34.1 Å². The second kappa shape index (κ2) is 7.34. The van der Waals surface area contributed by atoms with E-state index >= 15 is 0 Å². The Morgan fingerprint density at radius 1 is 1.00 bits per heavy atom. The molecule has 1 heterocycles. The summed E-state index contributed by atoms with van der Waals surface area (Å²) < 4.78 is 29.2. The maximum Gasteiger partial charge on any atom is 0.338 e. The zero-order chi connectivity index (χ0) is 17.8. The number of Topliss-reactive ketones (excluding diaryl/α,β-unsaturated/α-hetero) is 1. The molecule has 0 bridgehead atoms. The van der Waals surface area contributed by atoms with Crippen molar-refractivity contribution in [3.05, 3.63) is 59.4 Å². The fraction of sp³-hybridized carbons (Fsp3) is 0.263. The van der Waals surface area contributed by atoms with Crippen molar-refractivity contribution in [1.82, 2.24) is 0 Å². The summed E-state index contributed by atoms with van der Waals surface area (Å²) >= 11 is 0. The molecule has 2 aromatic carbocycles. The van der Waals surface area contributed by atoms with Crippen molar-refractivity contribution in [3.8, 4) is 11.5 Å². The highest BCUT2D eigenvalue weighted by Gasteiger charge is 2.22. The first-order chi connectivity index (χ1) is 12.0. The number of hydrogen-bond acceptors (Lipinski definition) is 5. The van der Waals surface area contributed by atoms with E-state index in [1.54, 1.807) is 12.1 Å². The Balaban J connectivity index is 1.70. The van der Waals surface area contributed by atoms with E-state index in [-0.39, 0.29) is 11.1 Å². The molecule has 0 spiro atoms. The van der Waals surface area contributed by atoms with E-state index < -0.39 is 23.7 Å². The molecular formula is C19H17FO5. The highest BCUT2D eigenvalue weighted by molar-refractivity contribution is 6.01. The first-order valence-corrected chi connectivity index (χ1v) is 7.95. The van der Waals surface area contributed by atoms with Gasteiger partial charge >= 0.3 is 5.97 Å². The topological polar surface area (TPSA) is 61.8 Å². The number of rotatable bonds is 4. The summed E-state index contributed by atoms with van der Waals surface area (Å²) in [6.45, 7) is 2.54. The van der Waals surface area contributed by atoms with Gasteiger partial charge in [0.1, 0.15) is 5.82 Å². The zero-order valence-corrected chi connectivity index (χ0v) is 13.7. The number of carbonyl (C=O) groups is 2. The quantitative estimate of drug-likeness (QED) is 0.628. The largest absolute Gasteiger partial charge is 0.490 e. The molecule has 2 aromatic rings. The summed E-state index contributed by atoms with van der Waals surface area (Å²) in [6.07, 6.45) is -0.230. The van der Waals surface area contributed by atoms with Crippen LogP contribution in [0.25, 0.3) is 0 Å². The van der Waals surface area contributed by atoms with Crippen LogP contribution in [-0.2, 0) is 4.74 Å². The van der Waals surface area contributed by atoms with Crippen LogP contribution in [0.5, 0.6) is 11.5 Å². The predicted octanol–water partition coefficient (Wildman–Crippen LogP) is 3.42. The van der Waals surface area contributed by atoms with Gasteiger partial charge in [-0.1, -0.05) is 0 Å². The lowest BCUT2D eigenvalue weighted by Gasteiger charge is -2.13. The third kappa shape index (κ3) is 3.96. The van der Waals surface area contributed by atoms with Gasteiger partial charge < -0.3 is 14.2 Å². The fourth-order valence-electron chi connectivity index (χ4n) is 2.42. The number of esters is 1. The molecular weight excluding hydrogens is 327 g/mol. The Hall–Kier alpha value is -2.89. The van der Waals surface area contributed by atoms with Crippen LogP contribution in [0.15, 0.2) is 42.5 Å². The maximum absolute atomic E-state index is 12.9. The van der Waals surface area contributed by atoms with E-state index in [1.807, 2.05) is 0 Å². The lowest BCUT2D eigenvalue weighted by Crippen LogP contribution is -2.24. The number of fused-ring (bicyclic) bond motifs is 1. The Bertz CT molecular complexity index is 785. The summed E-state index contributed by atoms with van der Waals surface area (Å²) in [5.41, 5.74) is 0.545. The van der Waals surface area contributed by atoms with Crippen LogP contribution in [-0.4, -0.2) is 31.1 Å². The molecule has 0 saturated heterocycles. The van der Waals surface area contributed by atoms with Gasteiger partial charge in [0.05, 0.1) is 18.8 Å². The van der Waals surface area contributed by atoms with Gasteiger partial charge in [-0.3, -0.25) is 4.79 Å². The van der Waals surface area contributed by atoms with Crippen molar-refractivity contribution in [2.24, 2.45) is 0 Å². The Morgan fingerprint density at radius 2 is 1.64 bits per heavy atom. The summed E-state index contributed by atoms with van der Waals surface area (Å²) in [5.74, 6) is -0.427. The molecule has 0 amide bonds. The van der Waals surface area contributed by atoms with E-state index in [9.17, 15) is 14.0 Å². The van der Waals surface area contributed by atoms with Crippen LogP contribution in [0, 0.1) is 5.82 Å². The Kier molecular flexibility index (Phi) is 4.97. The van der Waals surface area contributed by atoms with Gasteiger partial charge in [0.2, 0.25) is 5.78 Å². The molecule has 6 heteroatoms. The summed E-state index contributed by atoms with van der Waals surface area (Å²) in [5, 5.41) is 0. The molecule has 0 radical (unpaired) electrons. The number of ketones is 1. The number of ether oxygens (including phenoxy) is 3. The van der Waals surface area contributed by atoms with E-state index in [4.69, 9.17) is 14.2 Å². The molecule has 1 aliphatic rings. The Morgan fingerprint density at radius 3 is 2.36 bits per heavy atom. The molecule has 1 atom stereocenters. The van der Waals surface area contributed by atoms with Gasteiger partial charge in [-0.15, -0.1) is 0 Å². The minimum atomic E-state index is -0.992. The standard InChI is InChI=1S/C19H17FO5/c1-12(18(21)13-3-6-15(20)7-4-13)25-19(22)14-5-8-16-17(11-14)24-10-2-9-23-16/h3-8,11-12H,2,9-10H2,1H3/t12-/m1/s1. The average molecular weight is 344 g/mol.